The molecule has 0 saturated heterocycles. The Morgan fingerprint density at radius 2 is 1.95 bits per heavy atom. The van der Waals surface area contributed by atoms with Crippen LogP contribution < -0.4 is 5.73 Å². The molecule has 0 spiro atoms. The molecule has 0 aliphatic heterocycles. The summed E-state index contributed by atoms with van der Waals surface area (Å²) in [6.07, 6.45) is 2.40. The summed E-state index contributed by atoms with van der Waals surface area (Å²) in [5.74, 6) is 0.676. The molecule has 1 unspecified atom stereocenters. The Bertz CT molecular complexity index is 476. The molecule has 122 valence electrons. The first-order chi connectivity index (χ1) is 10.5. The third-order valence-electron chi connectivity index (χ3n) is 4.31. The monoisotopic (exact) mass is 304 g/mol. The molecular weight excluding hydrogens is 276 g/mol. The zero-order chi connectivity index (χ0) is 16.1. The van der Waals surface area contributed by atoms with Crippen LogP contribution in [0.3, 0.4) is 0 Å². The van der Waals surface area contributed by atoms with Crippen molar-refractivity contribution >= 4 is 5.91 Å². The van der Waals surface area contributed by atoms with Crippen molar-refractivity contribution in [3.8, 4) is 0 Å². The molecule has 1 amide bonds. The smallest absolute Gasteiger partial charge is 0.225 e. The van der Waals surface area contributed by atoms with Gasteiger partial charge in [0.1, 0.15) is 0 Å². The van der Waals surface area contributed by atoms with Crippen LogP contribution in [0.4, 0.5) is 0 Å². The molecule has 1 saturated carbocycles. The van der Waals surface area contributed by atoms with Crippen molar-refractivity contribution in [1.29, 1.82) is 0 Å². The summed E-state index contributed by atoms with van der Waals surface area (Å²) in [5.41, 5.74) is 8.14. The van der Waals surface area contributed by atoms with Crippen LogP contribution in [0.5, 0.6) is 0 Å². The van der Waals surface area contributed by atoms with Crippen molar-refractivity contribution in [3.05, 3.63) is 35.4 Å². The molecule has 1 aromatic rings. The summed E-state index contributed by atoms with van der Waals surface area (Å²) in [6.45, 7) is 5.44. The summed E-state index contributed by atoms with van der Waals surface area (Å²) in [4.78, 5) is 14.5. The molecule has 1 aliphatic rings. The van der Waals surface area contributed by atoms with Gasteiger partial charge in [-0.3, -0.25) is 4.79 Å². The SMILES string of the molecule is COC(CN)CC(=O)N(Cc1ccc(C(C)C)cc1)C1CC1. The van der Waals surface area contributed by atoms with Crippen LogP contribution in [0.25, 0.3) is 0 Å². The molecule has 2 rings (SSSR count). The van der Waals surface area contributed by atoms with Gasteiger partial charge in [-0.2, -0.15) is 0 Å². The van der Waals surface area contributed by atoms with E-state index in [1.807, 2.05) is 4.90 Å². The van der Waals surface area contributed by atoms with Gasteiger partial charge in [-0.1, -0.05) is 38.1 Å². The second kappa shape index (κ2) is 7.75. The Morgan fingerprint density at radius 1 is 1.32 bits per heavy atom. The number of hydrogen-bond donors (Lipinski definition) is 1. The van der Waals surface area contributed by atoms with E-state index in [9.17, 15) is 4.79 Å². The maximum absolute atomic E-state index is 12.5. The molecule has 4 heteroatoms. The molecule has 1 aromatic carbocycles. The number of hydrogen-bond acceptors (Lipinski definition) is 3. The lowest BCUT2D eigenvalue weighted by Crippen LogP contribution is -2.37. The highest BCUT2D eigenvalue weighted by molar-refractivity contribution is 5.77. The Hall–Kier alpha value is -1.39. The van der Waals surface area contributed by atoms with E-state index in [2.05, 4.69) is 38.1 Å². The van der Waals surface area contributed by atoms with Gasteiger partial charge < -0.3 is 15.4 Å². The first-order valence-electron chi connectivity index (χ1n) is 8.16. The quantitative estimate of drug-likeness (QED) is 0.803. The predicted octanol–water partition coefficient (Wildman–Crippen LogP) is 2.66. The molecule has 1 fully saturated rings. The first-order valence-corrected chi connectivity index (χ1v) is 8.16. The van der Waals surface area contributed by atoms with Crippen molar-refractivity contribution in [3.63, 3.8) is 0 Å². The number of rotatable bonds is 8. The zero-order valence-electron chi connectivity index (χ0n) is 13.9. The summed E-state index contributed by atoms with van der Waals surface area (Å²) in [5, 5.41) is 0. The van der Waals surface area contributed by atoms with E-state index in [0.717, 1.165) is 12.8 Å². The fraction of sp³-hybridized carbons (Fsp3) is 0.611. The average molecular weight is 304 g/mol. The van der Waals surface area contributed by atoms with Gasteiger partial charge in [-0.05, 0) is 29.9 Å². The summed E-state index contributed by atoms with van der Waals surface area (Å²) >= 11 is 0. The Balaban J connectivity index is 2.01. The molecule has 4 nitrogen and oxygen atoms in total. The van der Waals surface area contributed by atoms with Crippen molar-refractivity contribution < 1.29 is 9.53 Å². The van der Waals surface area contributed by atoms with Gasteiger partial charge in [0.05, 0.1) is 12.5 Å². The minimum Gasteiger partial charge on any atom is -0.380 e. The molecule has 0 radical (unpaired) electrons. The molecule has 0 aromatic heterocycles. The number of ether oxygens (including phenoxy) is 1. The molecule has 2 N–H and O–H groups in total. The number of benzene rings is 1. The van der Waals surface area contributed by atoms with Gasteiger partial charge >= 0.3 is 0 Å². The Kier molecular flexibility index (Phi) is 5.98. The molecule has 0 heterocycles. The molecule has 0 bridgehead atoms. The minimum atomic E-state index is -0.183. The number of nitrogens with two attached hydrogens (primary N) is 1. The Labute approximate surface area is 133 Å². The maximum atomic E-state index is 12.5. The van der Waals surface area contributed by atoms with Gasteiger partial charge in [0.2, 0.25) is 5.91 Å². The lowest BCUT2D eigenvalue weighted by Gasteiger charge is -2.25. The van der Waals surface area contributed by atoms with Gasteiger partial charge in [0.15, 0.2) is 0 Å². The number of carbonyl (C=O) groups excluding carboxylic acids is 1. The van der Waals surface area contributed by atoms with Crippen molar-refractivity contribution in [2.75, 3.05) is 13.7 Å². The third-order valence-corrected chi connectivity index (χ3v) is 4.31. The van der Waals surface area contributed by atoms with Gasteiger partial charge in [-0.25, -0.2) is 0 Å². The zero-order valence-corrected chi connectivity index (χ0v) is 13.9. The van der Waals surface area contributed by atoms with Crippen LogP contribution in [0.2, 0.25) is 0 Å². The van der Waals surface area contributed by atoms with E-state index >= 15 is 0 Å². The summed E-state index contributed by atoms with van der Waals surface area (Å²) in [7, 11) is 1.61. The van der Waals surface area contributed by atoms with Crippen LogP contribution in [-0.4, -0.2) is 36.6 Å². The molecule has 1 atom stereocenters. The lowest BCUT2D eigenvalue weighted by atomic mass is 10.0. The van der Waals surface area contributed by atoms with E-state index in [1.54, 1.807) is 7.11 Å². The van der Waals surface area contributed by atoms with Crippen LogP contribution in [0.1, 0.15) is 50.2 Å². The van der Waals surface area contributed by atoms with E-state index in [-0.39, 0.29) is 12.0 Å². The molecule has 1 aliphatic carbocycles. The van der Waals surface area contributed by atoms with Crippen LogP contribution in [0, 0.1) is 0 Å². The Morgan fingerprint density at radius 3 is 2.41 bits per heavy atom. The van der Waals surface area contributed by atoms with Gasteiger partial charge in [-0.15, -0.1) is 0 Å². The average Bonchev–Trinajstić information content (AvgIpc) is 3.35. The number of amides is 1. The highest BCUT2D eigenvalue weighted by atomic mass is 16.5. The highest BCUT2D eigenvalue weighted by Gasteiger charge is 2.33. The fourth-order valence-corrected chi connectivity index (χ4v) is 2.59. The summed E-state index contributed by atoms with van der Waals surface area (Å²) in [6, 6.07) is 8.98. The van der Waals surface area contributed by atoms with Crippen LogP contribution in [0.15, 0.2) is 24.3 Å². The van der Waals surface area contributed by atoms with Crippen molar-refractivity contribution in [2.24, 2.45) is 5.73 Å². The first kappa shape index (κ1) is 17.0. The second-order valence-electron chi connectivity index (χ2n) is 6.45. The number of carbonyl (C=O) groups is 1. The molecular formula is C18H28N2O2. The van der Waals surface area contributed by atoms with E-state index in [0.29, 0.717) is 31.5 Å². The number of methoxy groups -OCH3 is 1. The summed E-state index contributed by atoms with van der Waals surface area (Å²) < 4.78 is 5.24. The van der Waals surface area contributed by atoms with Crippen molar-refractivity contribution in [1.82, 2.24) is 4.90 Å². The topological polar surface area (TPSA) is 55.6 Å². The third kappa shape index (κ3) is 4.55. The maximum Gasteiger partial charge on any atom is 0.225 e. The van der Waals surface area contributed by atoms with E-state index in [4.69, 9.17) is 10.5 Å². The van der Waals surface area contributed by atoms with Gasteiger partial charge in [0, 0.05) is 26.2 Å². The highest BCUT2D eigenvalue weighted by Crippen LogP contribution is 2.29. The second-order valence-corrected chi connectivity index (χ2v) is 6.45. The van der Waals surface area contributed by atoms with Crippen LogP contribution in [-0.2, 0) is 16.1 Å². The minimum absolute atomic E-state index is 0.146. The van der Waals surface area contributed by atoms with E-state index < -0.39 is 0 Å². The number of nitrogens with zero attached hydrogens (tertiary/aromatic N) is 1. The van der Waals surface area contributed by atoms with Crippen LogP contribution >= 0.6 is 0 Å². The fourth-order valence-electron chi connectivity index (χ4n) is 2.59. The predicted molar refractivity (Wildman–Crippen MR) is 88.6 cm³/mol. The molecule has 22 heavy (non-hydrogen) atoms. The largest absolute Gasteiger partial charge is 0.380 e. The normalized spacial score (nSPS) is 15.9. The van der Waals surface area contributed by atoms with Crippen molar-refractivity contribution in [2.45, 2.75) is 57.7 Å². The van der Waals surface area contributed by atoms with Gasteiger partial charge in [0.25, 0.3) is 0 Å². The van der Waals surface area contributed by atoms with E-state index in [1.165, 1.54) is 11.1 Å². The lowest BCUT2D eigenvalue weighted by molar-refractivity contribution is -0.134. The standard InChI is InChI=1S/C18H28N2O2/c1-13(2)15-6-4-14(5-7-15)12-20(16-8-9-16)18(21)10-17(11-19)22-3/h4-7,13,16-17H,8-12,19H2,1-3H3.